The van der Waals surface area contributed by atoms with E-state index >= 15 is 0 Å². The fourth-order valence-electron chi connectivity index (χ4n) is 8.64. The Morgan fingerprint density at radius 1 is 0.544 bits per heavy atom. The summed E-state index contributed by atoms with van der Waals surface area (Å²) in [6.07, 6.45) is -23.7. The van der Waals surface area contributed by atoms with Crippen molar-refractivity contribution in [3.63, 3.8) is 0 Å². The maximum absolute atomic E-state index is 13.2. The second kappa shape index (κ2) is 25.1. The van der Waals surface area contributed by atoms with Crippen LogP contribution in [0.5, 0.6) is 46.0 Å². The zero-order valence-corrected chi connectivity index (χ0v) is 41.7. The monoisotopic (exact) mass is 1110 g/mol. The third-order valence-corrected chi connectivity index (χ3v) is 12.9. The molecule has 3 aliphatic rings. The van der Waals surface area contributed by atoms with Crippen molar-refractivity contribution in [3.05, 3.63) is 102 Å². The molecule has 4 aromatic carbocycles. The number of aromatic hydroxyl groups is 4. The van der Waals surface area contributed by atoms with Crippen molar-refractivity contribution in [1.82, 2.24) is 0 Å². The van der Waals surface area contributed by atoms with Gasteiger partial charge in [0.05, 0.1) is 39.1 Å². The van der Waals surface area contributed by atoms with E-state index in [1.54, 1.807) is 0 Å². The number of benzene rings is 4. The van der Waals surface area contributed by atoms with Crippen molar-refractivity contribution in [2.45, 2.75) is 92.1 Å². The maximum Gasteiger partial charge on any atom is 0.402 e. The fraction of sp³-hybridized carbons (Fsp3) is 0.377. The Hall–Kier alpha value is -7.41. The smallest absolute Gasteiger partial charge is 0.402 e. The van der Waals surface area contributed by atoms with Gasteiger partial charge in [-0.05, 0) is 71.8 Å². The molecule has 3 fully saturated rings. The molecule has 4 heterocycles. The van der Waals surface area contributed by atoms with Crippen LogP contribution in [-0.2, 0) is 38.0 Å². The van der Waals surface area contributed by atoms with Crippen LogP contribution in [0, 0.1) is 0 Å². The first-order valence-corrected chi connectivity index (χ1v) is 24.1. The second-order valence-electron chi connectivity index (χ2n) is 18.2. The molecule has 0 aliphatic carbocycles. The van der Waals surface area contributed by atoms with Crippen LogP contribution in [0.3, 0.4) is 0 Å². The van der Waals surface area contributed by atoms with E-state index < -0.39 is 130 Å². The van der Waals surface area contributed by atoms with Gasteiger partial charge in [0.15, 0.2) is 41.5 Å². The van der Waals surface area contributed by atoms with E-state index in [-0.39, 0.29) is 62.5 Å². The Morgan fingerprint density at radius 3 is 1.73 bits per heavy atom. The highest BCUT2D eigenvalue weighted by atomic mass is 16.8. The summed E-state index contributed by atoms with van der Waals surface area (Å²) in [5.41, 5.74) is 0.823. The van der Waals surface area contributed by atoms with Gasteiger partial charge in [-0.2, -0.15) is 0 Å². The van der Waals surface area contributed by atoms with Crippen molar-refractivity contribution in [3.8, 4) is 57.3 Å². The van der Waals surface area contributed by atoms with Crippen molar-refractivity contribution >= 4 is 35.1 Å². The van der Waals surface area contributed by atoms with Gasteiger partial charge in [0.1, 0.15) is 90.3 Å². The Balaban J connectivity index is 1.14. The highest BCUT2D eigenvalue weighted by molar-refractivity contribution is 5.89. The highest BCUT2D eigenvalue weighted by Crippen LogP contribution is 2.43. The number of carbonyl (C=O) groups excluding carboxylic acids is 2. The molecule has 3 saturated heterocycles. The Bertz CT molecular complexity index is 2980. The third kappa shape index (κ3) is 13.0. The molecule has 8 rings (SSSR count). The van der Waals surface area contributed by atoms with Gasteiger partial charge in [0.2, 0.25) is 18.3 Å². The van der Waals surface area contributed by atoms with E-state index in [2.05, 4.69) is 0 Å². The van der Waals surface area contributed by atoms with Crippen molar-refractivity contribution < 1.29 is 128 Å². The standard InChI is InChI=1S/C53H56O26/c1-69-33-15-23(3-11-29(33)58)5-13-39(60)71-22-38-42(63)45(66)50(79-52-47(68)49(43(64)37(21-55)76-52)78-40(61)14-6-24-4-12-30(59)34(16-24)70-2)53(77-38)74-35-19-28-31(72-48(35)25-7-9-26(56)10-8-25)17-27(57)18-32(28)73-51-46(67)44(65)41(62)36(20-54)75-51/h3-19,36-38,41-47,49-55,62-68H,20-22H2,1-2H3,(H3-,56,57,58,59,60,61)/p+1/t36-,37-,38-,41-,42-,43-,44+,45+,46-,47-,49+,50-,51-,52+,53-/m1/s1. The van der Waals surface area contributed by atoms with E-state index in [9.17, 15) is 76.0 Å². The SMILES string of the molecule is COc1cc(/C=C/C(=O)OC[C@H]2O[C@@H](Oc3cc4c(O[C@@H]5O[C@H](CO)[C@@H](O)[C@H](O)[C@H]5O)cc(O)cc4[o+]c3-c3ccc(O)cc3)[C@H](O[C@@H]3O[C@H](CO)[C@@H](O)[C@H](OC(=O)/C=C/c4ccc(O)c(OC)c4)[C@H]3O)[C@@H](O)[C@@H]2O)ccc1O. The summed E-state index contributed by atoms with van der Waals surface area (Å²) in [6.45, 7) is -2.53. The van der Waals surface area contributed by atoms with Crippen LogP contribution in [0.4, 0.5) is 0 Å². The molecule has 3 aliphatic heterocycles. The lowest BCUT2D eigenvalue weighted by Gasteiger charge is -2.46. The molecule has 79 heavy (non-hydrogen) atoms. The van der Waals surface area contributed by atoms with Gasteiger partial charge in [-0.3, -0.25) is 0 Å². The van der Waals surface area contributed by atoms with E-state index in [0.29, 0.717) is 11.1 Å². The molecule has 13 N–H and O–H groups in total. The number of carbonyl (C=O) groups is 2. The number of phenolic OH excluding ortho intramolecular Hbond substituents is 4. The number of hydrogen-bond donors (Lipinski definition) is 13. The minimum Gasteiger partial charge on any atom is -0.508 e. The summed E-state index contributed by atoms with van der Waals surface area (Å²) in [5, 5.41) is 139. The summed E-state index contributed by atoms with van der Waals surface area (Å²) in [7, 11) is 2.64. The first-order valence-electron chi connectivity index (χ1n) is 24.1. The Morgan fingerprint density at radius 2 is 1.11 bits per heavy atom. The maximum atomic E-state index is 13.2. The lowest BCUT2D eigenvalue weighted by molar-refractivity contribution is -0.358. The van der Waals surface area contributed by atoms with E-state index in [4.69, 9.17) is 51.8 Å². The summed E-state index contributed by atoms with van der Waals surface area (Å²) < 4.78 is 63.3. The zero-order chi connectivity index (χ0) is 56.8. The predicted molar refractivity (Wildman–Crippen MR) is 266 cm³/mol. The quantitative estimate of drug-likeness (QED) is 0.0310. The normalized spacial score (nSPS) is 29.1. The van der Waals surface area contributed by atoms with Crippen molar-refractivity contribution in [2.75, 3.05) is 34.0 Å². The number of methoxy groups -OCH3 is 2. The number of ether oxygens (including phenoxy) is 10. The molecule has 1 aromatic heterocycles. The van der Waals surface area contributed by atoms with E-state index in [1.807, 2.05) is 0 Å². The summed E-state index contributed by atoms with van der Waals surface area (Å²) >= 11 is 0. The lowest BCUT2D eigenvalue weighted by atomic mass is 9.97. The van der Waals surface area contributed by atoms with Crippen LogP contribution in [0.25, 0.3) is 34.4 Å². The number of fused-ring (bicyclic) bond motifs is 1. The van der Waals surface area contributed by atoms with E-state index in [0.717, 1.165) is 24.3 Å². The molecule has 26 nitrogen and oxygen atoms in total. The molecular weight excluding hydrogens is 1050 g/mol. The van der Waals surface area contributed by atoms with Gasteiger partial charge >= 0.3 is 23.3 Å². The first-order chi connectivity index (χ1) is 37.8. The van der Waals surface area contributed by atoms with Gasteiger partial charge in [-0.25, -0.2) is 14.0 Å². The molecule has 0 amide bonds. The highest BCUT2D eigenvalue weighted by Gasteiger charge is 2.54. The minimum absolute atomic E-state index is 0.0706. The molecular formula is C53H57O26+. The van der Waals surface area contributed by atoms with Gasteiger partial charge < -0.3 is 114 Å². The molecule has 424 valence electrons. The van der Waals surface area contributed by atoms with Crippen LogP contribution in [-0.4, -0.2) is 204 Å². The van der Waals surface area contributed by atoms with Crippen LogP contribution < -0.4 is 18.9 Å². The number of aliphatic hydroxyl groups excluding tert-OH is 9. The molecule has 0 saturated carbocycles. The molecule has 0 bridgehead atoms. The number of rotatable bonds is 18. The fourth-order valence-corrected chi connectivity index (χ4v) is 8.64. The third-order valence-electron chi connectivity index (χ3n) is 12.9. The topological polar surface area (TPSA) is 401 Å². The number of esters is 2. The summed E-state index contributed by atoms with van der Waals surface area (Å²) in [6, 6.07) is 17.2. The Kier molecular flexibility index (Phi) is 18.4. The second-order valence-corrected chi connectivity index (χ2v) is 18.2. The summed E-state index contributed by atoms with van der Waals surface area (Å²) in [5.74, 6) is -3.72. The molecule has 15 atom stereocenters. The zero-order valence-electron chi connectivity index (χ0n) is 41.7. The van der Waals surface area contributed by atoms with Crippen LogP contribution in [0.2, 0.25) is 0 Å². The average Bonchev–Trinajstić information content (AvgIpc) is 3.58. The number of phenols is 4. The van der Waals surface area contributed by atoms with Gasteiger partial charge in [-0.15, -0.1) is 0 Å². The van der Waals surface area contributed by atoms with Gasteiger partial charge in [-0.1, -0.05) is 12.1 Å². The molecule has 0 spiro atoms. The van der Waals surface area contributed by atoms with Crippen LogP contribution >= 0.6 is 0 Å². The molecule has 5 aromatic rings. The van der Waals surface area contributed by atoms with Crippen LogP contribution in [0.15, 0.2) is 95.4 Å². The summed E-state index contributed by atoms with van der Waals surface area (Å²) in [4.78, 5) is 26.3. The van der Waals surface area contributed by atoms with Gasteiger partial charge in [0, 0.05) is 24.3 Å². The average molecular weight is 1110 g/mol. The largest absolute Gasteiger partial charge is 0.508 e. The molecule has 0 radical (unpaired) electrons. The Labute approximate surface area is 447 Å². The number of hydrogen-bond acceptors (Lipinski definition) is 25. The van der Waals surface area contributed by atoms with Crippen LogP contribution in [0.1, 0.15) is 11.1 Å². The number of aliphatic hydroxyl groups is 9. The van der Waals surface area contributed by atoms with Crippen molar-refractivity contribution in [1.29, 1.82) is 0 Å². The van der Waals surface area contributed by atoms with Gasteiger partial charge in [0.25, 0.3) is 0 Å². The minimum atomic E-state index is -2.14. The predicted octanol–water partition coefficient (Wildman–Crippen LogP) is -0.0693. The molecule has 0 unspecified atom stereocenters. The van der Waals surface area contributed by atoms with E-state index in [1.165, 1.54) is 93.1 Å². The lowest BCUT2D eigenvalue weighted by Crippen LogP contribution is -2.65. The van der Waals surface area contributed by atoms with Crippen molar-refractivity contribution in [2.24, 2.45) is 0 Å². The molecule has 26 heteroatoms. The first kappa shape index (κ1) is 57.8.